The number of aryl methyl sites for hydroxylation is 4. The third-order valence-electron chi connectivity index (χ3n) is 3.85. The second kappa shape index (κ2) is 5.16. The van der Waals surface area contributed by atoms with Crippen molar-refractivity contribution >= 4 is 16.9 Å². The van der Waals surface area contributed by atoms with Gasteiger partial charge in [0.15, 0.2) is 0 Å². The van der Waals surface area contributed by atoms with E-state index in [0.717, 1.165) is 36.1 Å². The van der Waals surface area contributed by atoms with E-state index in [2.05, 4.69) is 38.7 Å². The molecule has 7 nitrogen and oxygen atoms in total. The Hall–Kier alpha value is -2.44. The van der Waals surface area contributed by atoms with Gasteiger partial charge < -0.3 is 10.3 Å². The van der Waals surface area contributed by atoms with E-state index in [1.165, 1.54) is 5.69 Å². The maximum absolute atomic E-state index is 6.06. The molecule has 0 bridgehead atoms. The van der Waals surface area contributed by atoms with Crippen LogP contribution in [0.2, 0.25) is 0 Å². The molecule has 0 amide bonds. The van der Waals surface area contributed by atoms with Gasteiger partial charge in [0.2, 0.25) is 0 Å². The highest BCUT2D eigenvalue weighted by molar-refractivity contribution is 5.91. The Labute approximate surface area is 122 Å². The zero-order valence-corrected chi connectivity index (χ0v) is 12.5. The Balaban J connectivity index is 1.92. The van der Waals surface area contributed by atoms with Gasteiger partial charge in [-0.1, -0.05) is 5.21 Å². The topological polar surface area (TPSA) is 87.4 Å². The lowest BCUT2D eigenvalue weighted by molar-refractivity contribution is 0.515. The second-order valence-corrected chi connectivity index (χ2v) is 5.24. The molecule has 3 aromatic rings. The number of hydrogen-bond acceptors (Lipinski definition) is 5. The molecule has 7 heteroatoms. The third kappa shape index (κ3) is 2.35. The Morgan fingerprint density at radius 1 is 1.14 bits per heavy atom. The minimum Gasteiger partial charge on any atom is -0.383 e. The summed E-state index contributed by atoms with van der Waals surface area (Å²) in [5.41, 5.74) is 9.33. The summed E-state index contributed by atoms with van der Waals surface area (Å²) in [5, 5.41) is 8.76. The summed E-state index contributed by atoms with van der Waals surface area (Å²) in [6.07, 6.45) is 4.52. The van der Waals surface area contributed by atoms with Crippen LogP contribution in [-0.4, -0.2) is 29.5 Å². The molecule has 110 valence electrons. The van der Waals surface area contributed by atoms with E-state index in [9.17, 15) is 0 Å². The molecule has 21 heavy (non-hydrogen) atoms. The van der Waals surface area contributed by atoms with Crippen LogP contribution < -0.4 is 5.73 Å². The standard InChI is InChI=1S/C14H19N7/c1-9-10(2)21(7-4-6-20-8-5-16-19-20)14-12(9)13(15)17-11(3)18-14/h5,8H,4,6-7H2,1-3H3,(H2,15,17,18). The quantitative estimate of drug-likeness (QED) is 0.787. The first-order valence-corrected chi connectivity index (χ1v) is 7.01. The van der Waals surface area contributed by atoms with Gasteiger partial charge in [-0.25, -0.2) is 9.97 Å². The SMILES string of the molecule is Cc1nc(N)c2c(C)c(C)n(CCCn3ccnn3)c2n1. The lowest BCUT2D eigenvalue weighted by Gasteiger charge is -2.08. The van der Waals surface area contributed by atoms with Gasteiger partial charge in [0.25, 0.3) is 0 Å². The van der Waals surface area contributed by atoms with Crippen molar-refractivity contribution in [2.24, 2.45) is 0 Å². The van der Waals surface area contributed by atoms with Crippen LogP contribution in [0, 0.1) is 20.8 Å². The molecule has 0 atom stereocenters. The van der Waals surface area contributed by atoms with Crippen LogP contribution in [0.4, 0.5) is 5.82 Å². The van der Waals surface area contributed by atoms with Crippen molar-refractivity contribution in [1.82, 2.24) is 29.5 Å². The van der Waals surface area contributed by atoms with Crippen molar-refractivity contribution in [1.29, 1.82) is 0 Å². The van der Waals surface area contributed by atoms with Crippen molar-refractivity contribution in [3.8, 4) is 0 Å². The van der Waals surface area contributed by atoms with Crippen LogP contribution in [0.5, 0.6) is 0 Å². The summed E-state index contributed by atoms with van der Waals surface area (Å²) in [6, 6.07) is 0. The van der Waals surface area contributed by atoms with Crippen molar-refractivity contribution in [2.45, 2.75) is 40.3 Å². The van der Waals surface area contributed by atoms with E-state index >= 15 is 0 Å². The Bertz CT molecular complexity index is 771. The number of anilines is 1. The first-order chi connectivity index (χ1) is 10.1. The molecule has 3 rings (SSSR count). The van der Waals surface area contributed by atoms with Gasteiger partial charge in [0, 0.05) is 25.0 Å². The highest BCUT2D eigenvalue weighted by atomic mass is 15.4. The van der Waals surface area contributed by atoms with Crippen molar-refractivity contribution in [2.75, 3.05) is 5.73 Å². The fourth-order valence-corrected chi connectivity index (χ4v) is 2.69. The summed E-state index contributed by atoms with van der Waals surface area (Å²) in [7, 11) is 0. The molecule has 0 aromatic carbocycles. The predicted molar refractivity (Wildman–Crippen MR) is 80.8 cm³/mol. The first kappa shape index (κ1) is 13.5. The maximum Gasteiger partial charge on any atom is 0.146 e. The molecule has 0 saturated heterocycles. The van der Waals surface area contributed by atoms with Crippen LogP contribution in [0.25, 0.3) is 11.0 Å². The molecule has 0 spiro atoms. The van der Waals surface area contributed by atoms with Gasteiger partial charge >= 0.3 is 0 Å². The molecule has 0 aliphatic rings. The van der Waals surface area contributed by atoms with Crippen molar-refractivity contribution < 1.29 is 0 Å². The summed E-state index contributed by atoms with van der Waals surface area (Å²) in [4.78, 5) is 8.84. The molecule has 0 unspecified atom stereocenters. The van der Waals surface area contributed by atoms with Gasteiger partial charge in [-0.15, -0.1) is 5.10 Å². The van der Waals surface area contributed by atoms with Gasteiger partial charge in [-0.3, -0.25) is 4.68 Å². The maximum atomic E-state index is 6.06. The molecule has 2 N–H and O–H groups in total. The molecular weight excluding hydrogens is 266 g/mol. The predicted octanol–water partition coefficient (Wildman–Crippen LogP) is 1.62. The van der Waals surface area contributed by atoms with Crippen LogP contribution in [0.3, 0.4) is 0 Å². The number of aromatic nitrogens is 6. The van der Waals surface area contributed by atoms with Gasteiger partial charge in [0.1, 0.15) is 17.3 Å². The fraction of sp³-hybridized carbons (Fsp3) is 0.429. The van der Waals surface area contributed by atoms with Crippen molar-refractivity contribution in [3.05, 3.63) is 29.5 Å². The van der Waals surface area contributed by atoms with E-state index in [0.29, 0.717) is 11.6 Å². The van der Waals surface area contributed by atoms with E-state index in [1.54, 1.807) is 6.20 Å². The second-order valence-electron chi connectivity index (χ2n) is 5.24. The minimum atomic E-state index is 0.563. The van der Waals surface area contributed by atoms with Crippen LogP contribution in [-0.2, 0) is 13.1 Å². The highest BCUT2D eigenvalue weighted by Gasteiger charge is 2.15. The van der Waals surface area contributed by atoms with E-state index < -0.39 is 0 Å². The zero-order chi connectivity index (χ0) is 15.0. The number of fused-ring (bicyclic) bond motifs is 1. The van der Waals surface area contributed by atoms with E-state index in [-0.39, 0.29) is 0 Å². The number of nitrogen functional groups attached to an aromatic ring is 1. The van der Waals surface area contributed by atoms with E-state index in [1.807, 2.05) is 17.8 Å². The smallest absolute Gasteiger partial charge is 0.146 e. The number of hydrogen-bond donors (Lipinski definition) is 1. The minimum absolute atomic E-state index is 0.563. The molecule has 0 fully saturated rings. The summed E-state index contributed by atoms with van der Waals surface area (Å²) in [5.74, 6) is 1.27. The molecule has 0 aliphatic heterocycles. The Kier molecular flexibility index (Phi) is 3.32. The average molecular weight is 285 g/mol. The van der Waals surface area contributed by atoms with Crippen LogP contribution in [0.15, 0.2) is 12.4 Å². The van der Waals surface area contributed by atoms with Gasteiger partial charge in [-0.2, -0.15) is 0 Å². The van der Waals surface area contributed by atoms with Crippen LogP contribution in [0.1, 0.15) is 23.5 Å². The highest BCUT2D eigenvalue weighted by Crippen LogP contribution is 2.27. The molecule has 3 heterocycles. The summed E-state index contributed by atoms with van der Waals surface area (Å²) < 4.78 is 4.05. The number of nitrogens with zero attached hydrogens (tertiary/aromatic N) is 6. The van der Waals surface area contributed by atoms with Gasteiger partial charge in [0.05, 0.1) is 11.6 Å². The Morgan fingerprint density at radius 2 is 1.95 bits per heavy atom. The number of nitrogens with two attached hydrogens (primary N) is 1. The molecule has 0 aliphatic carbocycles. The summed E-state index contributed by atoms with van der Waals surface area (Å²) in [6.45, 7) is 7.73. The van der Waals surface area contributed by atoms with Crippen LogP contribution >= 0.6 is 0 Å². The fourth-order valence-electron chi connectivity index (χ4n) is 2.69. The zero-order valence-electron chi connectivity index (χ0n) is 12.5. The molecule has 0 saturated carbocycles. The van der Waals surface area contributed by atoms with E-state index in [4.69, 9.17) is 5.73 Å². The molecule has 3 aromatic heterocycles. The summed E-state index contributed by atoms with van der Waals surface area (Å²) >= 11 is 0. The average Bonchev–Trinajstić information content (AvgIpc) is 3.01. The lowest BCUT2D eigenvalue weighted by atomic mass is 10.2. The lowest BCUT2D eigenvalue weighted by Crippen LogP contribution is -2.07. The molecular formula is C14H19N7. The Morgan fingerprint density at radius 3 is 2.67 bits per heavy atom. The monoisotopic (exact) mass is 285 g/mol. The van der Waals surface area contributed by atoms with Gasteiger partial charge in [-0.05, 0) is 32.8 Å². The number of rotatable bonds is 4. The third-order valence-corrected chi connectivity index (χ3v) is 3.85. The largest absolute Gasteiger partial charge is 0.383 e. The molecule has 0 radical (unpaired) electrons. The first-order valence-electron chi connectivity index (χ1n) is 7.01. The van der Waals surface area contributed by atoms with Crippen molar-refractivity contribution in [3.63, 3.8) is 0 Å². The normalized spacial score (nSPS) is 11.4.